The fraction of sp³-hybridized carbons (Fsp3) is 0.810. The SMILES string of the molecule is CCCCCC1CCC(c2cnc(C3CCCCC3)nc2)CC1. The lowest BCUT2D eigenvalue weighted by atomic mass is 9.77. The Labute approximate surface area is 142 Å². The molecule has 2 nitrogen and oxygen atoms in total. The van der Waals surface area contributed by atoms with Gasteiger partial charge in [0.25, 0.3) is 0 Å². The molecule has 0 aromatic carbocycles. The Morgan fingerprint density at radius 2 is 1.52 bits per heavy atom. The van der Waals surface area contributed by atoms with Crippen LogP contribution < -0.4 is 0 Å². The van der Waals surface area contributed by atoms with E-state index in [4.69, 9.17) is 9.97 Å². The fourth-order valence-electron chi connectivity index (χ4n) is 4.60. The molecular formula is C21H34N2. The summed E-state index contributed by atoms with van der Waals surface area (Å²) in [6.45, 7) is 2.30. The smallest absolute Gasteiger partial charge is 0.131 e. The molecule has 1 heterocycles. The standard InChI is InChI=1S/C21H34N2/c1-2-3-5-8-17-11-13-18(14-12-17)20-15-22-21(23-16-20)19-9-6-4-7-10-19/h15-19H,2-14H2,1H3. The second-order valence-corrected chi connectivity index (χ2v) is 7.92. The fourth-order valence-corrected chi connectivity index (χ4v) is 4.60. The minimum absolute atomic E-state index is 0.632. The first-order valence-corrected chi connectivity index (χ1v) is 10.2. The van der Waals surface area contributed by atoms with E-state index in [0.29, 0.717) is 5.92 Å². The average Bonchev–Trinajstić information content (AvgIpc) is 2.63. The van der Waals surface area contributed by atoms with Gasteiger partial charge in [0, 0.05) is 18.3 Å². The van der Waals surface area contributed by atoms with Crippen LogP contribution in [-0.2, 0) is 0 Å². The molecule has 2 fully saturated rings. The first-order valence-electron chi connectivity index (χ1n) is 10.2. The maximum absolute atomic E-state index is 4.75. The minimum atomic E-state index is 0.632. The van der Waals surface area contributed by atoms with Crippen molar-refractivity contribution >= 4 is 0 Å². The summed E-state index contributed by atoms with van der Waals surface area (Å²) in [6, 6.07) is 0. The van der Waals surface area contributed by atoms with Gasteiger partial charge in [-0.1, -0.05) is 51.9 Å². The predicted molar refractivity (Wildman–Crippen MR) is 96.7 cm³/mol. The van der Waals surface area contributed by atoms with Crippen LogP contribution in [0, 0.1) is 5.92 Å². The Morgan fingerprint density at radius 1 is 0.826 bits per heavy atom. The quantitative estimate of drug-likeness (QED) is 0.569. The zero-order valence-electron chi connectivity index (χ0n) is 15.0. The van der Waals surface area contributed by atoms with E-state index in [1.807, 2.05) is 0 Å². The van der Waals surface area contributed by atoms with Gasteiger partial charge in [-0.2, -0.15) is 0 Å². The maximum atomic E-state index is 4.75. The summed E-state index contributed by atoms with van der Waals surface area (Å²) < 4.78 is 0. The van der Waals surface area contributed by atoms with Gasteiger partial charge in [0.15, 0.2) is 0 Å². The number of aromatic nitrogens is 2. The van der Waals surface area contributed by atoms with E-state index in [1.54, 1.807) is 0 Å². The molecule has 0 unspecified atom stereocenters. The van der Waals surface area contributed by atoms with Crippen molar-refractivity contribution in [2.24, 2.45) is 5.92 Å². The van der Waals surface area contributed by atoms with Gasteiger partial charge in [-0.05, 0) is 55.9 Å². The van der Waals surface area contributed by atoms with E-state index in [9.17, 15) is 0 Å². The zero-order chi connectivity index (χ0) is 15.9. The molecule has 2 saturated carbocycles. The van der Waals surface area contributed by atoms with Crippen molar-refractivity contribution in [3.05, 3.63) is 23.8 Å². The van der Waals surface area contributed by atoms with Gasteiger partial charge < -0.3 is 0 Å². The normalized spacial score (nSPS) is 26.3. The third kappa shape index (κ3) is 4.78. The number of hydrogen-bond acceptors (Lipinski definition) is 2. The lowest BCUT2D eigenvalue weighted by Gasteiger charge is -2.28. The first-order chi connectivity index (χ1) is 11.4. The zero-order valence-corrected chi connectivity index (χ0v) is 15.0. The highest BCUT2D eigenvalue weighted by atomic mass is 14.9. The van der Waals surface area contributed by atoms with Gasteiger partial charge in [0.2, 0.25) is 0 Å². The van der Waals surface area contributed by atoms with Crippen LogP contribution in [0.2, 0.25) is 0 Å². The minimum Gasteiger partial charge on any atom is -0.241 e. The Kier molecular flexibility index (Phi) is 6.47. The Hall–Kier alpha value is -0.920. The Bertz CT molecular complexity index is 439. The lowest BCUT2D eigenvalue weighted by molar-refractivity contribution is 0.302. The summed E-state index contributed by atoms with van der Waals surface area (Å²) in [5, 5.41) is 0. The molecule has 0 aliphatic heterocycles. The highest BCUT2D eigenvalue weighted by Gasteiger charge is 2.23. The molecule has 1 aromatic heterocycles. The summed E-state index contributed by atoms with van der Waals surface area (Å²) in [5.41, 5.74) is 1.40. The van der Waals surface area contributed by atoms with Crippen molar-refractivity contribution < 1.29 is 0 Å². The molecule has 0 radical (unpaired) electrons. The average molecular weight is 315 g/mol. The monoisotopic (exact) mass is 314 g/mol. The van der Waals surface area contributed by atoms with Crippen molar-refractivity contribution in [2.75, 3.05) is 0 Å². The van der Waals surface area contributed by atoms with E-state index in [1.165, 1.54) is 89.0 Å². The molecule has 0 saturated heterocycles. The summed E-state index contributed by atoms with van der Waals surface area (Å²) in [7, 11) is 0. The summed E-state index contributed by atoms with van der Waals surface area (Å²) in [4.78, 5) is 9.49. The van der Waals surface area contributed by atoms with Gasteiger partial charge in [-0.3, -0.25) is 0 Å². The number of unbranched alkanes of at least 4 members (excludes halogenated alkanes) is 2. The second-order valence-electron chi connectivity index (χ2n) is 7.92. The van der Waals surface area contributed by atoms with Crippen LogP contribution in [0.5, 0.6) is 0 Å². The van der Waals surface area contributed by atoms with E-state index < -0.39 is 0 Å². The van der Waals surface area contributed by atoms with Crippen LogP contribution in [0.25, 0.3) is 0 Å². The molecule has 0 bridgehead atoms. The van der Waals surface area contributed by atoms with Gasteiger partial charge in [-0.25, -0.2) is 9.97 Å². The van der Waals surface area contributed by atoms with Gasteiger partial charge in [0.05, 0.1) is 0 Å². The highest BCUT2D eigenvalue weighted by Crippen LogP contribution is 2.38. The summed E-state index contributed by atoms with van der Waals surface area (Å²) >= 11 is 0. The lowest BCUT2D eigenvalue weighted by Crippen LogP contribution is -2.15. The second kappa shape index (κ2) is 8.80. The first kappa shape index (κ1) is 16.9. The molecular weight excluding hydrogens is 280 g/mol. The Balaban J connectivity index is 1.48. The van der Waals surface area contributed by atoms with Crippen molar-refractivity contribution in [3.63, 3.8) is 0 Å². The third-order valence-electron chi connectivity index (χ3n) is 6.20. The molecule has 0 N–H and O–H groups in total. The number of nitrogens with zero attached hydrogens (tertiary/aromatic N) is 2. The molecule has 0 amide bonds. The summed E-state index contributed by atoms with van der Waals surface area (Å²) in [6.07, 6.45) is 22.2. The molecule has 2 heteroatoms. The van der Waals surface area contributed by atoms with Crippen LogP contribution in [0.3, 0.4) is 0 Å². The molecule has 1 aromatic rings. The van der Waals surface area contributed by atoms with E-state index >= 15 is 0 Å². The summed E-state index contributed by atoms with van der Waals surface area (Å²) in [5.74, 6) is 3.45. The molecule has 2 aliphatic carbocycles. The highest BCUT2D eigenvalue weighted by molar-refractivity contribution is 5.14. The van der Waals surface area contributed by atoms with Crippen LogP contribution in [0.1, 0.15) is 114 Å². The van der Waals surface area contributed by atoms with Crippen molar-refractivity contribution in [2.45, 2.75) is 102 Å². The molecule has 3 rings (SSSR count). The van der Waals surface area contributed by atoms with E-state index in [-0.39, 0.29) is 0 Å². The van der Waals surface area contributed by atoms with Crippen molar-refractivity contribution in [1.82, 2.24) is 9.97 Å². The van der Waals surface area contributed by atoms with Crippen molar-refractivity contribution in [1.29, 1.82) is 0 Å². The number of rotatable bonds is 6. The molecule has 2 aliphatic rings. The third-order valence-corrected chi connectivity index (χ3v) is 6.20. The maximum Gasteiger partial charge on any atom is 0.131 e. The molecule has 23 heavy (non-hydrogen) atoms. The van der Waals surface area contributed by atoms with E-state index in [0.717, 1.165) is 17.7 Å². The largest absolute Gasteiger partial charge is 0.241 e. The molecule has 0 spiro atoms. The van der Waals surface area contributed by atoms with Crippen molar-refractivity contribution in [3.8, 4) is 0 Å². The van der Waals surface area contributed by atoms with Crippen LogP contribution in [0.4, 0.5) is 0 Å². The molecule has 128 valence electrons. The van der Waals surface area contributed by atoms with Crippen LogP contribution in [0.15, 0.2) is 12.4 Å². The number of hydrogen-bond donors (Lipinski definition) is 0. The van der Waals surface area contributed by atoms with Gasteiger partial charge in [0.1, 0.15) is 5.82 Å². The van der Waals surface area contributed by atoms with Gasteiger partial charge >= 0.3 is 0 Å². The van der Waals surface area contributed by atoms with Gasteiger partial charge in [-0.15, -0.1) is 0 Å². The van der Waals surface area contributed by atoms with E-state index in [2.05, 4.69) is 19.3 Å². The molecule has 0 atom stereocenters. The van der Waals surface area contributed by atoms with Crippen LogP contribution in [-0.4, -0.2) is 9.97 Å². The predicted octanol–water partition coefficient (Wildman–Crippen LogP) is 6.38. The van der Waals surface area contributed by atoms with Crippen LogP contribution >= 0.6 is 0 Å². The Morgan fingerprint density at radius 3 is 2.17 bits per heavy atom. The topological polar surface area (TPSA) is 25.8 Å².